The van der Waals surface area contributed by atoms with E-state index in [0.29, 0.717) is 36.9 Å². The zero-order chi connectivity index (χ0) is 16.6. The molecule has 1 saturated heterocycles. The van der Waals surface area contributed by atoms with Crippen LogP contribution >= 0.6 is 11.3 Å². The first-order chi connectivity index (χ1) is 11.0. The summed E-state index contributed by atoms with van der Waals surface area (Å²) in [5.74, 6) is 0.825. The van der Waals surface area contributed by atoms with E-state index in [2.05, 4.69) is 23.4 Å². The van der Waals surface area contributed by atoms with Crippen LogP contribution in [0.15, 0.2) is 15.9 Å². The van der Waals surface area contributed by atoms with Gasteiger partial charge in [0.05, 0.1) is 11.8 Å². The number of nitrogens with zero attached hydrogens (tertiary/aromatic N) is 2. The quantitative estimate of drug-likeness (QED) is 0.937. The zero-order valence-corrected chi connectivity index (χ0v) is 14.5. The normalized spacial score (nSPS) is 21.7. The summed E-state index contributed by atoms with van der Waals surface area (Å²) in [4.78, 5) is 19.8. The molecule has 23 heavy (non-hydrogen) atoms. The molecular formula is C17H22N2O3S. The lowest BCUT2D eigenvalue weighted by Gasteiger charge is -2.35. The van der Waals surface area contributed by atoms with Gasteiger partial charge in [-0.25, -0.2) is 4.98 Å². The Labute approximate surface area is 140 Å². The van der Waals surface area contributed by atoms with Gasteiger partial charge >= 0.3 is 0 Å². The van der Waals surface area contributed by atoms with Crippen molar-refractivity contribution in [2.75, 3.05) is 13.1 Å². The molecule has 0 bridgehead atoms. The number of likely N-dealkylation sites (tertiary alicyclic amines) is 1. The van der Waals surface area contributed by atoms with Crippen LogP contribution < -0.4 is 0 Å². The van der Waals surface area contributed by atoms with Crippen LogP contribution in [-0.2, 0) is 6.42 Å². The number of aliphatic hydroxyl groups is 1. The van der Waals surface area contributed by atoms with E-state index in [0.717, 1.165) is 6.42 Å². The van der Waals surface area contributed by atoms with Crippen LogP contribution in [0.5, 0.6) is 0 Å². The van der Waals surface area contributed by atoms with Gasteiger partial charge in [-0.15, -0.1) is 11.3 Å². The third-order valence-electron chi connectivity index (χ3n) is 4.45. The maximum absolute atomic E-state index is 12.6. The average molecular weight is 334 g/mol. The number of piperidine rings is 1. The van der Waals surface area contributed by atoms with Crippen LogP contribution in [0.4, 0.5) is 0 Å². The predicted molar refractivity (Wildman–Crippen MR) is 88.9 cm³/mol. The number of hydrogen-bond acceptors (Lipinski definition) is 5. The summed E-state index contributed by atoms with van der Waals surface area (Å²) in [6.45, 7) is 6.76. The van der Waals surface area contributed by atoms with E-state index in [9.17, 15) is 9.90 Å². The van der Waals surface area contributed by atoms with Crippen LogP contribution in [0.2, 0.25) is 0 Å². The molecule has 0 saturated carbocycles. The highest BCUT2D eigenvalue weighted by Crippen LogP contribution is 2.34. The van der Waals surface area contributed by atoms with E-state index in [-0.39, 0.29) is 11.8 Å². The lowest BCUT2D eigenvalue weighted by molar-refractivity contribution is 0.0363. The predicted octanol–water partition coefficient (Wildman–Crippen LogP) is 2.91. The monoisotopic (exact) mass is 334 g/mol. The number of aryl methyl sites for hydroxylation is 3. The molecule has 0 radical (unpaired) electrons. The Bertz CT molecular complexity index is 707. The highest BCUT2D eigenvalue weighted by molar-refractivity contribution is 7.10. The summed E-state index contributed by atoms with van der Waals surface area (Å²) in [5.41, 5.74) is 1.84. The Hall–Kier alpha value is -1.66. The minimum atomic E-state index is -0.543. The molecule has 0 spiro atoms. The molecule has 1 fully saturated rings. The van der Waals surface area contributed by atoms with Crippen molar-refractivity contribution in [3.05, 3.63) is 39.2 Å². The van der Waals surface area contributed by atoms with Gasteiger partial charge in [0, 0.05) is 30.3 Å². The van der Waals surface area contributed by atoms with Crippen molar-refractivity contribution in [3.63, 3.8) is 0 Å². The van der Waals surface area contributed by atoms with Gasteiger partial charge in [0.1, 0.15) is 0 Å². The number of rotatable bonds is 3. The van der Waals surface area contributed by atoms with Gasteiger partial charge in [0.2, 0.25) is 5.76 Å². The molecule has 3 heterocycles. The molecule has 3 rings (SSSR count). The second kappa shape index (κ2) is 6.45. The minimum Gasteiger partial charge on any atom is -0.435 e. The average Bonchev–Trinajstić information content (AvgIpc) is 3.12. The summed E-state index contributed by atoms with van der Waals surface area (Å²) < 4.78 is 5.55. The molecule has 124 valence electrons. The van der Waals surface area contributed by atoms with Gasteiger partial charge in [-0.05, 0) is 37.3 Å². The van der Waals surface area contributed by atoms with Crippen LogP contribution in [0.25, 0.3) is 0 Å². The van der Waals surface area contributed by atoms with Gasteiger partial charge in [-0.1, -0.05) is 6.92 Å². The van der Waals surface area contributed by atoms with Crippen molar-refractivity contribution in [1.29, 1.82) is 0 Å². The van der Waals surface area contributed by atoms with Gasteiger partial charge in [-0.3, -0.25) is 4.79 Å². The third kappa shape index (κ3) is 3.05. The number of oxazole rings is 1. The largest absolute Gasteiger partial charge is 0.435 e. The van der Waals surface area contributed by atoms with E-state index < -0.39 is 6.10 Å². The smallest absolute Gasteiger partial charge is 0.291 e. The maximum Gasteiger partial charge on any atom is 0.291 e. The Morgan fingerprint density at radius 2 is 2.30 bits per heavy atom. The third-order valence-corrected chi connectivity index (χ3v) is 5.60. The van der Waals surface area contributed by atoms with Crippen LogP contribution in [0.1, 0.15) is 51.8 Å². The second-order valence-corrected chi connectivity index (χ2v) is 7.00. The SMILES string of the molecule is CCc1nc(C)c(C(=O)N2CC[C@@H](c3sccc3C)[C@H](O)C2)o1. The van der Waals surface area contributed by atoms with Crippen LogP contribution in [-0.4, -0.2) is 40.1 Å². The van der Waals surface area contributed by atoms with Crippen molar-refractivity contribution in [2.45, 2.75) is 45.6 Å². The standard InChI is InChI=1S/C17H22N2O3S/c1-4-14-18-11(3)15(22-14)17(21)19-7-5-12(13(20)9-19)16-10(2)6-8-23-16/h6,8,12-13,20H,4-5,7,9H2,1-3H3/t12-,13-/m1/s1. The van der Waals surface area contributed by atoms with Crippen molar-refractivity contribution >= 4 is 17.2 Å². The molecular weight excluding hydrogens is 312 g/mol. The lowest BCUT2D eigenvalue weighted by Crippen LogP contribution is -2.45. The highest BCUT2D eigenvalue weighted by Gasteiger charge is 2.34. The number of aromatic nitrogens is 1. The highest BCUT2D eigenvalue weighted by atomic mass is 32.1. The van der Waals surface area contributed by atoms with E-state index in [1.165, 1.54) is 10.4 Å². The maximum atomic E-state index is 12.6. The van der Waals surface area contributed by atoms with Gasteiger partial charge in [0.25, 0.3) is 5.91 Å². The van der Waals surface area contributed by atoms with Crippen molar-refractivity contribution in [1.82, 2.24) is 9.88 Å². The fourth-order valence-corrected chi connectivity index (χ4v) is 4.25. The molecule has 5 nitrogen and oxygen atoms in total. The second-order valence-electron chi connectivity index (χ2n) is 6.06. The van der Waals surface area contributed by atoms with Crippen LogP contribution in [0, 0.1) is 13.8 Å². The fraction of sp³-hybridized carbons (Fsp3) is 0.529. The summed E-state index contributed by atoms with van der Waals surface area (Å²) in [5, 5.41) is 12.6. The molecule has 2 aromatic rings. The van der Waals surface area contributed by atoms with E-state index in [1.54, 1.807) is 23.2 Å². The molecule has 0 aromatic carbocycles. The molecule has 0 aliphatic carbocycles. The van der Waals surface area contributed by atoms with Crippen molar-refractivity contribution < 1.29 is 14.3 Å². The Morgan fingerprint density at radius 3 is 2.87 bits per heavy atom. The Balaban J connectivity index is 1.73. The Kier molecular flexibility index (Phi) is 4.55. The van der Waals surface area contributed by atoms with Gasteiger partial charge in [-0.2, -0.15) is 0 Å². The summed E-state index contributed by atoms with van der Waals surface area (Å²) in [6.07, 6.45) is 0.886. The van der Waals surface area contributed by atoms with Crippen LogP contribution in [0.3, 0.4) is 0 Å². The molecule has 1 aliphatic heterocycles. The molecule has 1 amide bonds. The molecule has 1 N–H and O–H groups in total. The van der Waals surface area contributed by atoms with Crippen molar-refractivity contribution in [3.8, 4) is 0 Å². The van der Waals surface area contributed by atoms with Crippen molar-refractivity contribution in [2.24, 2.45) is 0 Å². The summed E-state index contributed by atoms with van der Waals surface area (Å²) in [6, 6.07) is 2.08. The van der Waals surface area contributed by atoms with E-state index in [1.807, 2.05) is 6.92 Å². The van der Waals surface area contributed by atoms with E-state index in [4.69, 9.17) is 4.42 Å². The number of amides is 1. The Morgan fingerprint density at radius 1 is 1.52 bits per heavy atom. The molecule has 2 atom stereocenters. The topological polar surface area (TPSA) is 66.6 Å². The summed E-state index contributed by atoms with van der Waals surface area (Å²) >= 11 is 1.68. The number of hydrogen-bond donors (Lipinski definition) is 1. The summed E-state index contributed by atoms with van der Waals surface area (Å²) in [7, 11) is 0. The van der Waals surface area contributed by atoms with Gasteiger partial charge in [0.15, 0.2) is 5.89 Å². The first-order valence-corrected chi connectivity index (χ1v) is 8.86. The zero-order valence-electron chi connectivity index (χ0n) is 13.7. The first kappa shape index (κ1) is 16.2. The fourth-order valence-electron chi connectivity index (χ4n) is 3.13. The number of thiophene rings is 1. The van der Waals surface area contributed by atoms with Gasteiger partial charge < -0.3 is 14.4 Å². The number of carbonyl (C=O) groups excluding carboxylic acids is 1. The molecule has 1 aliphatic rings. The molecule has 6 heteroatoms. The molecule has 0 unspecified atom stereocenters. The molecule has 2 aromatic heterocycles. The minimum absolute atomic E-state index is 0.112. The number of carbonyl (C=O) groups is 1. The lowest BCUT2D eigenvalue weighted by atomic mass is 9.90. The number of aliphatic hydroxyl groups excluding tert-OH is 1. The first-order valence-electron chi connectivity index (χ1n) is 7.98. The number of β-amino-alcohol motifs (C(OH)–C–C–N with tert-alkyl or cyclic N) is 1. The van der Waals surface area contributed by atoms with E-state index >= 15 is 0 Å².